The number of nitriles is 1. The van der Waals surface area contributed by atoms with Crippen LogP contribution in [0.2, 0.25) is 5.02 Å². The number of hydrogen-bond acceptors (Lipinski definition) is 4. The fourth-order valence-corrected chi connectivity index (χ4v) is 1.73. The smallest absolute Gasteiger partial charge is 0.306 e. The van der Waals surface area contributed by atoms with Crippen molar-refractivity contribution < 1.29 is 14.3 Å². The number of halogens is 1. The molecule has 0 aliphatic carbocycles. The molecule has 1 rings (SSSR count). The van der Waals surface area contributed by atoms with Gasteiger partial charge in [0.25, 0.3) is 0 Å². The molecule has 0 saturated heterocycles. The zero-order chi connectivity index (χ0) is 14.3. The monoisotopic (exact) mass is 280 g/mol. The average molecular weight is 281 g/mol. The molecule has 0 N–H and O–H groups in total. The highest BCUT2D eigenvalue weighted by molar-refractivity contribution is 6.33. The van der Waals surface area contributed by atoms with Gasteiger partial charge in [-0.1, -0.05) is 23.7 Å². The summed E-state index contributed by atoms with van der Waals surface area (Å²) in [6.07, 6.45) is -0.0543. The van der Waals surface area contributed by atoms with Crippen molar-refractivity contribution in [2.24, 2.45) is 0 Å². The predicted molar refractivity (Wildman–Crippen MR) is 70.7 cm³/mol. The van der Waals surface area contributed by atoms with Gasteiger partial charge in [-0.05, 0) is 12.1 Å². The predicted octanol–water partition coefficient (Wildman–Crippen LogP) is 2.15. The van der Waals surface area contributed by atoms with Crippen molar-refractivity contribution in [2.75, 3.05) is 18.6 Å². The number of rotatable bonds is 5. The Labute approximate surface area is 116 Å². The van der Waals surface area contributed by atoms with E-state index in [4.69, 9.17) is 16.9 Å². The van der Waals surface area contributed by atoms with Gasteiger partial charge in [-0.2, -0.15) is 5.26 Å². The lowest BCUT2D eigenvalue weighted by Crippen LogP contribution is -2.31. The second-order valence-corrected chi connectivity index (χ2v) is 4.07. The first-order valence-electron chi connectivity index (χ1n) is 5.58. The standard InChI is InChI=1S/C13H13ClN2O3/c1-19-13(18)7-6-12(17)16(9-8-15)11-5-3-2-4-10(11)14/h2-5H,6-7,9H2,1H3. The number of nitrogens with zero attached hydrogens (tertiary/aromatic N) is 2. The second-order valence-electron chi connectivity index (χ2n) is 3.67. The third-order valence-corrected chi connectivity index (χ3v) is 2.76. The van der Waals surface area contributed by atoms with E-state index in [-0.39, 0.29) is 25.3 Å². The van der Waals surface area contributed by atoms with E-state index in [0.29, 0.717) is 10.7 Å². The minimum absolute atomic E-state index is 0.0261. The molecule has 0 spiro atoms. The first-order chi connectivity index (χ1) is 9.10. The molecule has 0 heterocycles. The van der Waals surface area contributed by atoms with E-state index in [9.17, 15) is 9.59 Å². The third-order valence-electron chi connectivity index (χ3n) is 2.44. The van der Waals surface area contributed by atoms with E-state index in [1.807, 2.05) is 6.07 Å². The zero-order valence-electron chi connectivity index (χ0n) is 10.4. The molecule has 1 aromatic rings. The van der Waals surface area contributed by atoms with Crippen molar-refractivity contribution in [1.29, 1.82) is 5.26 Å². The lowest BCUT2D eigenvalue weighted by atomic mass is 10.2. The quantitative estimate of drug-likeness (QED) is 0.612. The highest BCUT2D eigenvalue weighted by Gasteiger charge is 2.18. The number of amides is 1. The third kappa shape index (κ3) is 4.27. The van der Waals surface area contributed by atoms with Crippen molar-refractivity contribution in [2.45, 2.75) is 12.8 Å². The van der Waals surface area contributed by atoms with Gasteiger partial charge < -0.3 is 4.74 Å². The highest BCUT2D eigenvalue weighted by atomic mass is 35.5. The van der Waals surface area contributed by atoms with Crippen molar-refractivity contribution in [3.63, 3.8) is 0 Å². The number of hydrogen-bond donors (Lipinski definition) is 0. The number of methoxy groups -OCH3 is 1. The molecule has 6 heteroatoms. The topological polar surface area (TPSA) is 70.4 Å². The van der Waals surface area contributed by atoms with Crippen LogP contribution in [0.15, 0.2) is 24.3 Å². The van der Waals surface area contributed by atoms with Gasteiger partial charge in [0.15, 0.2) is 0 Å². The van der Waals surface area contributed by atoms with E-state index >= 15 is 0 Å². The van der Waals surface area contributed by atoms with Crippen LogP contribution >= 0.6 is 11.6 Å². The Kier molecular flexibility index (Phi) is 5.83. The maximum absolute atomic E-state index is 12.0. The molecule has 100 valence electrons. The molecule has 0 fully saturated rings. The molecule has 1 aromatic carbocycles. The van der Waals surface area contributed by atoms with Crippen LogP contribution in [0.5, 0.6) is 0 Å². The molecule has 0 unspecified atom stereocenters. The molecular weight excluding hydrogens is 268 g/mol. The number of anilines is 1. The SMILES string of the molecule is COC(=O)CCC(=O)N(CC#N)c1ccccc1Cl. The Bertz CT molecular complexity index is 511. The molecule has 0 radical (unpaired) electrons. The summed E-state index contributed by atoms with van der Waals surface area (Å²) >= 11 is 5.99. The minimum atomic E-state index is -0.468. The summed E-state index contributed by atoms with van der Waals surface area (Å²) in [5, 5.41) is 9.16. The molecule has 0 bridgehead atoms. The largest absolute Gasteiger partial charge is 0.469 e. The van der Waals surface area contributed by atoms with Crippen molar-refractivity contribution >= 4 is 29.2 Å². The Morgan fingerprint density at radius 1 is 1.37 bits per heavy atom. The molecule has 1 amide bonds. The van der Waals surface area contributed by atoms with Gasteiger partial charge in [0, 0.05) is 6.42 Å². The van der Waals surface area contributed by atoms with Gasteiger partial charge >= 0.3 is 5.97 Å². The Balaban J connectivity index is 2.84. The summed E-state index contributed by atoms with van der Waals surface area (Å²) in [5.74, 6) is -0.815. The molecule has 0 aliphatic heterocycles. The lowest BCUT2D eigenvalue weighted by molar-refractivity contribution is -0.141. The van der Waals surface area contributed by atoms with E-state index in [0.717, 1.165) is 0 Å². The first-order valence-corrected chi connectivity index (χ1v) is 5.96. The fourth-order valence-electron chi connectivity index (χ4n) is 1.50. The normalized spacial score (nSPS) is 9.53. The fraction of sp³-hybridized carbons (Fsp3) is 0.308. The number of para-hydroxylation sites is 1. The van der Waals surface area contributed by atoms with Gasteiger partial charge in [-0.15, -0.1) is 0 Å². The summed E-state index contributed by atoms with van der Waals surface area (Å²) in [6, 6.07) is 8.64. The van der Waals surface area contributed by atoms with Crippen LogP contribution < -0.4 is 4.90 Å². The number of carbonyl (C=O) groups is 2. The maximum Gasteiger partial charge on any atom is 0.306 e. The van der Waals surface area contributed by atoms with E-state index in [1.165, 1.54) is 12.0 Å². The Hall–Kier alpha value is -2.06. The molecule has 0 atom stereocenters. The van der Waals surface area contributed by atoms with Crippen LogP contribution in [0.4, 0.5) is 5.69 Å². The molecule has 19 heavy (non-hydrogen) atoms. The summed E-state index contributed by atoms with van der Waals surface area (Å²) in [4.78, 5) is 24.3. The maximum atomic E-state index is 12.0. The number of benzene rings is 1. The average Bonchev–Trinajstić information content (AvgIpc) is 2.42. The van der Waals surface area contributed by atoms with Crippen LogP contribution in [-0.2, 0) is 14.3 Å². The van der Waals surface area contributed by atoms with Gasteiger partial charge in [-0.25, -0.2) is 0 Å². The van der Waals surface area contributed by atoms with E-state index in [2.05, 4.69) is 4.74 Å². The van der Waals surface area contributed by atoms with Crippen molar-refractivity contribution in [3.8, 4) is 6.07 Å². The van der Waals surface area contributed by atoms with Gasteiger partial charge in [0.05, 0.1) is 30.3 Å². The summed E-state index contributed by atoms with van der Waals surface area (Å²) in [6.45, 7) is -0.121. The summed E-state index contributed by atoms with van der Waals surface area (Å²) < 4.78 is 4.47. The Morgan fingerprint density at radius 2 is 2.05 bits per heavy atom. The number of carbonyl (C=O) groups excluding carboxylic acids is 2. The molecule has 0 aromatic heterocycles. The Morgan fingerprint density at radius 3 is 2.63 bits per heavy atom. The number of esters is 1. The minimum Gasteiger partial charge on any atom is -0.469 e. The highest BCUT2D eigenvalue weighted by Crippen LogP contribution is 2.25. The number of ether oxygens (including phenoxy) is 1. The van der Waals surface area contributed by atoms with E-state index in [1.54, 1.807) is 24.3 Å². The van der Waals surface area contributed by atoms with Crippen LogP contribution in [0.3, 0.4) is 0 Å². The van der Waals surface area contributed by atoms with Crippen molar-refractivity contribution in [3.05, 3.63) is 29.3 Å². The van der Waals surface area contributed by atoms with Crippen LogP contribution in [0.25, 0.3) is 0 Å². The molecular formula is C13H13ClN2O3. The van der Waals surface area contributed by atoms with Gasteiger partial charge in [0.2, 0.25) is 5.91 Å². The van der Waals surface area contributed by atoms with E-state index < -0.39 is 5.97 Å². The van der Waals surface area contributed by atoms with Gasteiger partial charge in [-0.3, -0.25) is 14.5 Å². The van der Waals surface area contributed by atoms with Crippen molar-refractivity contribution in [1.82, 2.24) is 0 Å². The zero-order valence-corrected chi connectivity index (χ0v) is 11.2. The second kappa shape index (κ2) is 7.39. The molecule has 5 nitrogen and oxygen atoms in total. The summed E-state index contributed by atoms with van der Waals surface area (Å²) in [7, 11) is 1.26. The first kappa shape index (κ1) is 15.0. The lowest BCUT2D eigenvalue weighted by Gasteiger charge is -2.20. The summed E-state index contributed by atoms with van der Waals surface area (Å²) in [5.41, 5.74) is 0.459. The van der Waals surface area contributed by atoms with Gasteiger partial charge in [0.1, 0.15) is 6.54 Å². The molecule has 0 aliphatic rings. The van der Waals surface area contributed by atoms with Crippen LogP contribution in [-0.4, -0.2) is 25.5 Å². The molecule has 0 saturated carbocycles. The van der Waals surface area contributed by atoms with Crippen LogP contribution in [0, 0.1) is 11.3 Å². The van der Waals surface area contributed by atoms with Crippen LogP contribution in [0.1, 0.15) is 12.8 Å².